The van der Waals surface area contributed by atoms with Gasteiger partial charge in [-0.05, 0) is 36.4 Å². The molecule has 0 aromatic heterocycles. The van der Waals surface area contributed by atoms with Gasteiger partial charge in [-0.1, -0.05) is 15.9 Å². The van der Waals surface area contributed by atoms with E-state index >= 15 is 0 Å². The summed E-state index contributed by atoms with van der Waals surface area (Å²) in [6, 6.07) is 6.60. The van der Waals surface area contributed by atoms with Gasteiger partial charge in [-0.15, -0.1) is 0 Å². The van der Waals surface area contributed by atoms with E-state index in [4.69, 9.17) is 4.74 Å². The van der Waals surface area contributed by atoms with Crippen LogP contribution in [0.2, 0.25) is 0 Å². The first-order valence-corrected chi connectivity index (χ1v) is 6.83. The third-order valence-corrected chi connectivity index (χ3v) is 3.25. The number of halogens is 5. The van der Waals surface area contributed by atoms with Crippen molar-refractivity contribution in [2.75, 3.05) is 0 Å². The second kappa shape index (κ2) is 6.48. The van der Waals surface area contributed by atoms with Crippen molar-refractivity contribution in [3.63, 3.8) is 0 Å². The lowest BCUT2D eigenvalue weighted by Crippen LogP contribution is -2.07. The molecule has 0 amide bonds. The summed E-state index contributed by atoms with van der Waals surface area (Å²) in [5.74, 6) is -0.549. The monoisotopic (exact) mass is 376 g/mol. The molecule has 0 aliphatic carbocycles. The molecule has 0 saturated carbocycles. The maximum Gasteiger partial charge on any atom is 0.416 e. The largest absolute Gasteiger partial charge is 0.489 e. The summed E-state index contributed by atoms with van der Waals surface area (Å²) in [5, 5.41) is 0. The Morgan fingerprint density at radius 3 is 2.50 bits per heavy atom. The van der Waals surface area contributed by atoms with Crippen LogP contribution in [0.25, 0.3) is 0 Å². The van der Waals surface area contributed by atoms with Gasteiger partial charge in [0.05, 0.1) is 5.56 Å². The smallest absolute Gasteiger partial charge is 0.416 e. The van der Waals surface area contributed by atoms with Crippen LogP contribution in [-0.4, -0.2) is 6.29 Å². The molecule has 0 aliphatic rings. The summed E-state index contributed by atoms with van der Waals surface area (Å²) < 4.78 is 57.2. The van der Waals surface area contributed by atoms with Gasteiger partial charge in [0.2, 0.25) is 0 Å². The third-order valence-electron chi connectivity index (χ3n) is 2.80. The Morgan fingerprint density at radius 1 is 1.14 bits per heavy atom. The molecule has 0 atom stereocenters. The number of rotatable bonds is 4. The van der Waals surface area contributed by atoms with Gasteiger partial charge in [0, 0.05) is 15.6 Å². The van der Waals surface area contributed by atoms with Gasteiger partial charge in [0.1, 0.15) is 24.5 Å². The van der Waals surface area contributed by atoms with Gasteiger partial charge in [0.15, 0.2) is 0 Å². The zero-order valence-electron chi connectivity index (χ0n) is 11.0. The number of hydrogen-bond acceptors (Lipinski definition) is 2. The molecule has 0 fully saturated rings. The van der Waals surface area contributed by atoms with E-state index in [0.29, 0.717) is 28.5 Å². The summed E-state index contributed by atoms with van der Waals surface area (Å²) in [5.41, 5.74) is -0.841. The molecule has 0 saturated heterocycles. The van der Waals surface area contributed by atoms with E-state index < -0.39 is 17.6 Å². The van der Waals surface area contributed by atoms with Gasteiger partial charge in [-0.25, -0.2) is 4.39 Å². The van der Waals surface area contributed by atoms with E-state index in [-0.39, 0.29) is 17.9 Å². The molecule has 2 nitrogen and oxygen atoms in total. The molecule has 2 aromatic carbocycles. The molecule has 0 bridgehead atoms. The van der Waals surface area contributed by atoms with E-state index in [9.17, 15) is 22.4 Å². The molecule has 0 radical (unpaired) electrons. The van der Waals surface area contributed by atoms with E-state index in [0.717, 1.165) is 6.07 Å². The number of carbonyl (C=O) groups excluding carboxylic acids is 1. The second-order valence-corrected chi connectivity index (χ2v) is 5.35. The first kappa shape index (κ1) is 16.5. The molecule has 0 heterocycles. The van der Waals surface area contributed by atoms with Gasteiger partial charge in [-0.2, -0.15) is 13.2 Å². The Balaban J connectivity index is 2.21. The molecular weight excluding hydrogens is 368 g/mol. The van der Waals surface area contributed by atoms with E-state index in [2.05, 4.69) is 15.9 Å². The Hall–Kier alpha value is -1.89. The second-order valence-electron chi connectivity index (χ2n) is 4.43. The van der Waals surface area contributed by atoms with Crippen LogP contribution in [0.1, 0.15) is 21.5 Å². The minimum absolute atomic E-state index is 0.220. The van der Waals surface area contributed by atoms with Crippen molar-refractivity contribution < 1.29 is 27.1 Å². The highest BCUT2D eigenvalue weighted by Gasteiger charge is 2.31. The normalized spacial score (nSPS) is 11.3. The standard InChI is InChI=1S/C15H9BrF4O2/c16-12-3-9(7-21)4-13(6-12)22-8-10-5-11(15(18,19)20)1-2-14(10)17/h1-7H,8H2. The Labute approximate surface area is 131 Å². The number of benzene rings is 2. The Bertz CT molecular complexity index is 698. The van der Waals surface area contributed by atoms with Crippen LogP contribution >= 0.6 is 15.9 Å². The summed E-state index contributed by atoms with van der Waals surface area (Å²) in [4.78, 5) is 10.7. The van der Waals surface area contributed by atoms with Crippen LogP contribution in [0, 0.1) is 5.82 Å². The van der Waals surface area contributed by atoms with Crippen LogP contribution in [0.5, 0.6) is 5.75 Å². The van der Waals surface area contributed by atoms with Crippen LogP contribution < -0.4 is 4.74 Å². The first-order chi connectivity index (χ1) is 10.3. The first-order valence-electron chi connectivity index (χ1n) is 6.04. The van der Waals surface area contributed by atoms with Crippen molar-refractivity contribution >= 4 is 22.2 Å². The highest BCUT2D eigenvalue weighted by atomic mass is 79.9. The van der Waals surface area contributed by atoms with Gasteiger partial charge in [0.25, 0.3) is 0 Å². The number of hydrogen-bond donors (Lipinski definition) is 0. The molecule has 0 aliphatic heterocycles. The van der Waals surface area contributed by atoms with Crippen LogP contribution in [0.3, 0.4) is 0 Å². The molecule has 2 aromatic rings. The predicted octanol–water partition coefficient (Wildman–Crippen LogP) is 5.00. The average Bonchev–Trinajstić information content (AvgIpc) is 2.44. The summed E-state index contributed by atoms with van der Waals surface area (Å²) in [6.07, 6.45) is -3.95. The molecule has 22 heavy (non-hydrogen) atoms. The molecule has 116 valence electrons. The zero-order chi connectivity index (χ0) is 16.3. The summed E-state index contributed by atoms with van der Waals surface area (Å²) in [7, 11) is 0. The van der Waals surface area contributed by atoms with Crippen molar-refractivity contribution in [2.45, 2.75) is 12.8 Å². The van der Waals surface area contributed by atoms with E-state index in [1.807, 2.05) is 0 Å². The minimum atomic E-state index is -4.55. The molecule has 0 unspecified atom stereocenters. The molecule has 7 heteroatoms. The van der Waals surface area contributed by atoms with Crippen LogP contribution in [-0.2, 0) is 12.8 Å². The average molecular weight is 377 g/mol. The fourth-order valence-electron chi connectivity index (χ4n) is 1.76. The highest BCUT2D eigenvalue weighted by Crippen LogP contribution is 2.30. The van der Waals surface area contributed by atoms with E-state index in [1.165, 1.54) is 12.1 Å². The van der Waals surface area contributed by atoms with Crippen molar-refractivity contribution in [3.8, 4) is 5.75 Å². The van der Waals surface area contributed by atoms with Crippen LogP contribution in [0.15, 0.2) is 40.9 Å². The molecule has 2 rings (SSSR count). The number of alkyl halides is 3. The van der Waals surface area contributed by atoms with Crippen LogP contribution in [0.4, 0.5) is 17.6 Å². The lowest BCUT2D eigenvalue weighted by Gasteiger charge is -2.11. The maximum atomic E-state index is 13.6. The topological polar surface area (TPSA) is 26.3 Å². The van der Waals surface area contributed by atoms with Gasteiger partial charge < -0.3 is 4.74 Å². The molecular formula is C15H9BrF4O2. The van der Waals surface area contributed by atoms with E-state index in [1.54, 1.807) is 6.07 Å². The predicted molar refractivity (Wildman–Crippen MR) is 75.3 cm³/mol. The van der Waals surface area contributed by atoms with Gasteiger partial charge >= 0.3 is 6.18 Å². The summed E-state index contributed by atoms with van der Waals surface area (Å²) >= 11 is 3.17. The maximum absolute atomic E-state index is 13.6. The number of ether oxygens (including phenoxy) is 1. The van der Waals surface area contributed by atoms with Gasteiger partial charge in [-0.3, -0.25) is 4.79 Å². The third kappa shape index (κ3) is 4.07. The van der Waals surface area contributed by atoms with Crippen molar-refractivity contribution in [3.05, 3.63) is 63.4 Å². The number of aldehydes is 1. The molecule has 0 N–H and O–H groups in total. The number of carbonyl (C=O) groups is 1. The fraction of sp³-hybridized carbons (Fsp3) is 0.133. The fourth-order valence-corrected chi connectivity index (χ4v) is 2.25. The Kier molecular flexibility index (Phi) is 4.85. The zero-order valence-corrected chi connectivity index (χ0v) is 12.5. The minimum Gasteiger partial charge on any atom is -0.489 e. The Morgan fingerprint density at radius 2 is 1.86 bits per heavy atom. The quantitative estimate of drug-likeness (QED) is 0.554. The summed E-state index contributed by atoms with van der Waals surface area (Å²) in [6.45, 7) is -0.384. The van der Waals surface area contributed by atoms with Crippen molar-refractivity contribution in [1.29, 1.82) is 0 Å². The van der Waals surface area contributed by atoms with Crippen molar-refractivity contribution in [1.82, 2.24) is 0 Å². The lowest BCUT2D eigenvalue weighted by molar-refractivity contribution is -0.137. The lowest BCUT2D eigenvalue weighted by atomic mass is 10.1. The highest BCUT2D eigenvalue weighted by molar-refractivity contribution is 9.10. The SMILES string of the molecule is O=Cc1cc(Br)cc(OCc2cc(C(F)(F)F)ccc2F)c1. The molecule has 0 spiro atoms. The van der Waals surface area contributed by atoms with Crippen molar-refractivity contribution in [2.24, 2.45) is 0 Å².